The van der Waals surface area contributed by atoms with Crippen LogP contribution in [0.5, 0.6) is 0 Å². The van der Waals surface area contributed by atoms with Gasteiger partial charge in [0.25, 0.3) is 0 Å². The largest absolute Gasteiger partial charge is 0.380 e. The van der Waals surface area contributed by atoms with Crippen molar-refractivity contribution in [1.82, 2.24) is 0 Å². The average Bonchev–Trinajstić information content (AvgIpc) is 2.76. The van der Waals surface area contributed by atoms with Crippen molar-refractivity contribution in [3.63, 3.8) is 0 Å². The van der Waals surface area contributed by atoms with E-state index in [9.17, 15) is 8.42 Å². The van der Waals surface area contributed by atoms with E-state index in [0.29, 0.717) is 13.0 Å². The van der Waals surface area contributed by atoms with Gasteiger partial charge < -0.3 is 4.74 Å². The zero-order chi connectivity index (χ0) is 10.1. The van der Waals surface area contributed by atoms with E-state index in [4.69, 9.17) is 10.00 Å². The maximum atomic E-state index is 11.1. The Balaban J connectivity index is 2.66. The van der Waals surface area contributed by atoms with Crippen LogP contribution in [0.25, 0.3) is 0 Å². The number of hydrogen-bond acceptors (Lipinski definition) is 4. The molecule has 0 aliphatic heterocycles. The molecule has 0 spiro atoms. The summed E-state index contributed by atoms with van der Waals surface area (Å²) in [6.07, 6.45) is 1.59. The molecule has 4 nitrogen and oxygen atoms in total. The van der Waals surface area contributed by atoms with Crippen LogP contribution in [0.15, 0.2) is 0 Å². The third-order valence-corrected chi connectivity index (χ3v) is 3.96. The Bertz CT molecular complexity index is 330. The summed E-state index contributed by atoms with van der Waals surface area (Å²) in [4.78, 5) is 0. The Labute approximate surface area is 78.4 Å². The zero-order valence-corrected chi connectivity index (χ0v) is 8.60. The lowest BCUT2D eigenvalue weighted by atomic mass is 10.1. The number of rotatable bonds is 4. The zero-order valence-electron chi connectivity index (χ0n) is 7.78. The van der Waals surface area contributed by atoms with Crippen molar-refractivity contribution in [2.75, 3.05) is 19.5 Å². The summed E-state index contributed by atoms with van der Waals surface area (Å²) in [5.41, 5.74) is -0.760. The number of sulfone groups is 1. The highest BCUT2D eigenvalue weighted by molar-refractivity contribution is 7.91. The molecule has 13 heavy (non-hydrogen) atoms. The second-order valence-corrected chi connectivity index (χ2v) is 5.66. The van der Waals surface area contributed by atoms with Crippen molar-refractivity contribution in [2.24, 2.45) is 5.41 Å². The molecule has 0 saturated heterocycles. The van der Waals surface area contributed by atoms with Gasteiger partial charge in [-0.15, -0.1) is 0 Å². The van der Waals surface area contributed by atoms with Gasteiger partial charge in [0, 0.05) is 12.9 Å². The SMILES string of the molecule is CCOC[C@@]1(C#N)C[C@@H]1S(C)(=O)=O. The second-order valence-electron chi connectivity index (χ2n) is 3.43. The van der Waals surface area contributed by atoms with E-state index in [1.165, 1.54) is 6.26 Å². The second kappa shape index (κ2) is 3.28. The van der Waals surface area contributed by atoms with Crippen LogP contribution < -0.4 is 0 Å². The molecule has 0 bridgehead atoms. The van der Waals surface area contributed by atoms with Gasteiger partial charge in [-0.2, -0.15) is 5.26 Å². The van der Waals surface area contributed by atoms with Crippen molar-refractivity contribution >= 4 is 9.84 Å². The van der Waals surface area contributed by atoms with E-state index in [-0.39, 0.29) is 6.61 Å². The molecule has 1 aliphatic rings. The Morgan fingerprint density at radius 1 is 1.69 bits per heavy atom. The van der Waals surface area contributed by atoms with E-state index in [2.05, 4.69) is 0 Å². The summed E-state index contributed by atoms with van der Waals surface area (Å²) in [6, 6.07) is 2.04. The summed E-state index contributed by atoms with van der Waals surface area (Å²) < 4.78 is 27.3. The number of ether oxygens (including phenoxy) is 1. The smallest absolute Gasteiger partial charge is 0.152 e. The van der Waals surface area contributed by atoms with Gasteiger partial charge in [0.05, 0.1) is 23.3 Å². The quantitative estimate of drug-likeness (QED) is 0.661. The topological polar surface area (TPSA) is 67.2 Å². The molecule has 0 unspecified atom stereocenters. The fourth-order valence-electron chi connectivity index (χ4n) is 1.42. The van der Waals surface area contributed by atoms with Crippen LogP contribution in [-0.4, -0.2) is 33.1 Å². The Morgan fingerprint density at radius 2 is 2.31 bits per heavy atom. The Kier molecular flexibility index (Phi) is 2.64. The highest BCUT2D eigenvalue weighted by Gasteiger charge is 2.60. The standard InChI is InChI=1S/C8H13NO3S/c1-3-12-6-8(5-9)4-7(8)13(2,10)11/h7H,3-4,6H2,1-2H3/t7-,8-/m0/s1. The third kappa shape index (κ3) is 2.01. The third-order valence-electron chi connectivity index (χ3n) is 2.31. The van der Waals surface area contributed by atoms with Gasteiger partial charge in [0.15, 0.2) is 9.84 Å². The van der Waals surface area contributed by atoms with E-state index < -0.39 is 20.5 Å². The normalized spacial score (nSPS) is 32.5. The summed E-state index contributed by atoms with van der Waals surface area (Å²) in [5, 5.41) is 8.31. The van der Waals surface area contributed by atoms with Crippen LogP contribution in [0.2, 0.25) is 0 Å². The fourth-order valence-corrected chi connectivity index (χ4v) is 2.96. The van der Waals surface area contributed by atoms with Crippen LogP contribution in [0.3, 0.4) is 0 Å². The first-order valence-corrected chi connectivity index (χ1v) is 6.09. The number of hydrogen-bond donors (Lipinski definition) is 0. The molecule has 1 saturated carbocycles. The van der Waals surface area contributed by atoms with Gasteiger partial charge >= 0.3 is 0 Å². The molecule has 0 heterocycles. The highest BCUT2D eigenvalue weighted by Crippen LogP contribution is 2.50. The first-order valence-electron chi connectivity index (χ1n) is 4.14. The van der Waals surface area contributed by atoms with Crippen molar-refractivity contribution in [3.8, 4) is 6.07 Å². The van der Waals surface area contributed by atoms with E-state index in [1.807, 2.05) is 13.0 Å². The molecule has 5 heteroatoms. The Morgan fingerprint density at radius 3 is 2.62 bits per heavy atom. The molecule has 1 fully saturated rings. The molecule has 0 aromatic carbocycles. The van der Waals surface area contributed by atoms with Crippen LogP contribution in [0, 0.1) is 16.7 Å². The molecule has 0 N–H and O–H groups in total. The first kappa shape index (κ1) is 10.5. The van der Waals surface area contributed by atoms with Crippen molar-refractivity contribution < 1.29 is 13.2 Å². The minimum absolute atomic E-state index is 0.234. The van der Waals surface area contributed by atoms with Gasteiger partial charge in [-0.25, -0.2) is 8.42 Å². The van der Waals surface area contributed by atoms with E-state index in [1.54, 1.807) is 0 Å². The van der Waals surface area contributed by atoms with Crippen LogP contribution in [-0.2, 0) is 14.6 Å². The molecule has 2 atom stereocenters. The maximum absolute atomic E-state index is 11.1. The van der Waals surface area contributed by atoms with Gasteiger partial charge in [0.2, 0.25) is 0 Å². The summed E-state index contributed by atoms with van der Waals surface area (Å²) in [6.45, 7) is 2.57. The van der Waals surface area contributed by atoms with Crippen LogP contribution in [0.4, 0.5) is 0 Å². The van der Waals surface area contributed by atoms with Crippen LogP contribution in [0.1, 0.15) is 13.3 Å². The summed E-state index contributed by atoms with van der Waals surface area (Å²) >= 11 is 0. The highest BCUT2D eigenvalue weighted by atomic mass is 32.2. The fraction of sp³-hybridized carbons (Fsp3) is 0.875. The molecule has 0 amide bonds. The van der Waals surface area contributed by atoms with Gasteiger partial charge in [-0.3, -0.25) is 0 Å². The molecular formula is C8H13NO3S. The van der Waals surface area contributed by atoms with Crippen molar-refractivity contribution in [3.05, 3.63) is 0 Å². The minimum Gasteiger partial charge on any atom is -0.380 e. The molecule has 0 radical (unpaired) electrons. The predicted octanol–water partition coefficient (Wildman–Crippen LogP) is 0.350. The monoisotopic (exact) mass is 203 g/mol. The van der Waals surface area contributed by atoms with Crippen molar-refractivity contribution in [1.29, 1.82) is 5.26 Å². The van der Waals surface area contributed by atoms with E-state index >= 15 is 0 Å². The maximum Gasteiger partial charge on any atom is 0.152 e. The van der Waals surface area contributed by atoms with Gasteiger partial charge in [0.1, 0.15) is 0 Å². The average molecular weight is 203 g/mol. The molecule has 1 rings (SSSR count). The lowest BCUT2D eigenvalue weighted by Crippen LogP contribution is -2.18. The molecule has 0 aromatic heterocycles. The van der Waals surface area contributed by atoms with Gasteiger partial charge in [-0.05, 0) is 13.3 Å². The lowest BCUT2D eigenvalue weighted by molar-refractivity contribution is 0.119. The molecule has 74 valence electrons. The van der Waals surface area contributed by atoms with Crippen LogP contribution >= 0.6 is 0 Å². The van der Waals surface area contributed by atoms with E-state index in [0.717, 1.165) is 0 Å². The minimum atomic E-state index is -3.08. The molecule has 1 aliphatic carbocycles. The summed E-state index contributed by atoms with van der Waals surface area (Å²) in [5.74, 6) is 0. The Hall–Kier alpha value is -0.600. The molecule has 0 aromatic rings. The molecular weight excluding hydrogens is 190 g/mol. The lowest BCUT2D eigenvalue weighted by Gasteiger charge is -2.06. The first-order chi connectivity index (χ1) is 5.96. The summed E-state index contributed by atoms with van der Waals surface area (Å²) in [7, 11) is -3.08. The number of nitriles is 1. The predicted molar refractivity (Wildman–Crippen MR) is 47.8 cm³/mol. The number of nitrogens with zero attached hydrogens (tertiary/aromatic N) is 1. The van der Waals surface area contributed by atoms with Gasteiger partial charge in [-0.1, -0.05) is 0 Å². The van der Waals surface area contributed by atoms with Crippen molar-refractivity contribution in [2.45, 2.75) is 18.6 Å².